The van der Waals surface area contributed by atoms with Crippen molar-refractivity contribution in [1.82, 2.24) is 9.88 Å². The Balaban J connectivity index is 0.000000177. The SMILES string of the molecule is C=CC1CN2CCC1CC2C(O)c1ccnc2ccc(OC)cc12.O=C(O)c1ccccc1-c1cccc(C(=O)O)c1O. The smallest absolute Gasteiger partial charge is 0.339 e. The average Bonchev–Trinajstić information content (AvgIpc) is 3.04. The second kappa shape index (κ2) is 12.6. The highest BCUT2D eigenvalue weighted by molar-refractivity contribution is 5.99. The largest absolute Gasteiger partial charge is 0.506 e. The number of hydrogen-bond donors (Lipinski definition) is 4. The number of aromatic hydroxyl groups is 1. The maximum absolute atomic E-state index is 11.2. The molecule has 0 amide bonds. The van der Waals surface area contributed by atoms with Crippen LogP contribution in [-0.4, -0.2) is 68.5 Å². The number of rotatable bonds is 7. The fourth-order valence-corrected chi connectivity index (χ4v) is 6.28. The number of aromatic nitrogens is 1. The zero-order valence-electron chi connectivity index (χ0n) is 23.8. The molecule has 4 heterocycles. The molecule has 7 rings (SSSR count). The van der Waals surface area contributed by atoms with Crippen LogP contribution in [0.15, 0.2) is 85.6 Å². The van der Waals surface area contributed by atoms with Gasteiger partial charge in [0.05, 0.1) is 24.3 Å². The lowest BCUT2D eigenvalue weighted by molar-refractivity contribution is -0.0444. The fraction of sp³-hybridized carbons (Fsp3) is 0.265. The van der Waals surface area contributed by atoms with Gasteiger partial charge in [-0.3, -0.25) is 9.88 Å². The average molecular weight is 583 g/mol. The van der Waals surface area contributed by atoms with Gasteiger partial charge in [-0.05, 0) is 78.7 Å². The van der Waals surface area contributed by atoms with Crippen LogP contribution in [0.5, 0.6) is 11.5 Å². The Labute approximate surface area is 249 Å². The van der Waals surface area contributed by atoms with E-state index in [2.05, 4.69) is 22.5 Å². The highest BCUT2D eigenvalue weighted by Crippen LogP contribution is 2.42. The minimum absolute atomic E-state index is 0.000314. The number of carbonyl (C=O) groups is 2. The Bertz CT molecular complexity index is 1670. The maximum Gasteiger partial charge on any atom is 0.339 e. The summed E-state index contributed by atoms with van der Waals surface area (Å²) in [5.41, 5.74) is 2.03. The van der Waals surface area contributed by atoms with E-state index in [1.54, 1.807) is 25.4 Å². The van der Waals surface area contributed by atoms with E-state index < -0.39 is 23.8 Å². The van der Waals surface area contributed by atoms with Gasteiger partial charge in [0.25, 0.3) is 0 Å². The Morgan fingerprint density at radius 3 is 2.42 bits per heavy atom. The van der Waals surface area contributed by atoms with Crippen LogP contribution in [0.4, 0.5) is 0 Å². The number of aromatic carboxylic acids is 2. The molecule has 43 heavy (non-hydrogen) atoms. The van der Waals surface area contributed by atoms with Crippen molar-refractivity contribution < 1.29 is 34.8 Å². The molecule has 2 bridgehead atoms. The molecule has 3 aromatic carbocycles. The Morgan fingerprint density at radius 1 is 1.02 bits per heavy atom. The normalized spacial score (nSPS) is 21.3. The van der Waals surface area contributed by atoms with Crippen LogP contribution in [-0.2, 0) is 0 Å². The van der Waals surface area contributed by atoms with Crippen LogP contribution in [0, 0.1) is 11.8 Å². The molecule has 3 saturated heterocycles. The fourth-order valence-electron chi connectivity index (χ4n) is 6.28. The summed E-state index contributed by atoms with van der Waals surface area (Å²) >= 11 is 0. The maximum atomic E-state index is 11.2. The van der Waals surface area contributed by atoms with Gasteiger partial charge in [-0.15, -0.1) is 6.58 Å². The van der Waals surface area contributed by atoms with Gasteiger partial charge >= 0.3 is 11.9 Å². The molecule has 9 heteroatoms. The molecule has 3 fully saturated rings. The molecule has 5 atom stereocenters. The summed E-state index contributed by atoms with van der Waals surface area (Å²) in [6.45, 7) is 6.07. The molecular formula is C34H34N2O7. The topological polar surface area (TPSA) is 140 Å². The number of pyridine rings is 1. The first-order chi connectivity index (χ1) is 20.7. The minimum Gasteiger partial charge on any atom is -0.506 e. The Kier molecular flexibility index (Phi) is 8.75. The molecule has 0 spiro atoms. The predicted octanol–water partition coefficient (Wildman–Crippen LogP) is 5.63. The van der Waals surface area contributed by atoms with Crippen molar-refractivity contribution in [3.8, 4) is 22.6 Å². The first-order valence-electron chi connectivity index (χ1n) is 14.1. The molecule has 3 aliphatic rings. The summed E-state index contributed by atoms with van der Waals surface area (Å²) in [5, 5.41) is 40.1. The quantitative estimate of drug-likeness (QED) is 0.204. The van der Waals surface area contributed by atoms with E-state index in [4.69, 9.17) is 14.9 Å². The Hall–Kier alpha value is -4.73. The minimum atomic E-state index is -1.27. The lowest BCUT2D eigenvalue weighted by atomic mass is 9.73. The van der Waals surface area contributed by atoms with E-state index in [1.165, 1.54) is 36.8 Å². The third-order valence-corrected chi connectivity index (χ3v) is 8.53. The van der Waals surface area contributed by atoms with Gasteiger partial charge in [0, 0.05) is 29.7 Å². The first kappa shape index (κ1) is 29.8. The molecule has 4 aromatic rings. The van der Waals surface area contributed by atoms with Crippen LogP contribution >= 0.6 is 0 Å². The molecule has 0 aliphatic carbocycles. The zero-order valence-corrected chi connectivity index (χ0v) is 23.8. The number of benzene rings is 3. The van der Waals surface area contributed by atoms with Crippen molar-refractivity contribution in [3.63, 3.8) is 0 Å². The molecule has 222 valence electrons. The predicted molar refractivity (Wildman–Crippen MR) is 162 cm³/mol. The lowest BCUT2D eigenvalue weighted by Gasteiger charge is -2.50. The molecule has 4 N–H and O–H groups in total. The highest BCUT2D eigenvalue weighted by Gasteiger charge is 2.42. The summed E-state index contributed by atoms with van der Waals surface area (Å²) in [6.07, 6.45) is 5.62. The van der Waals surface area contributed by atoms with Crippen molar-refractivity contribution in [1.29, 1.82) is 0 Å². The van der Waals surface area contributed by atoms with E-state index in [0.29, 0.717) is 11.8 Å². The number of ether oxygens (including phenoxy) is 1. The molecule has 1 aromatic heterocycles. The van der Waals surface area contributed by atoms with Crippen LogP contribution in [0.25, 0.3) is 22.0 Å². The van der Waals surface area contributed by atoms with Crippen LogP contribution in [0.1, 0.15) is 45.2 Å². The molecule has 0 saturated carbocycles. The number of piperidine rings is 3. The molecule has 3 aliphatic heterocycles. The molecule has 9 nitrogen and oxygen atoms in total. The number of carboxylic acids is 2. The van der Waals surface area contributed by atoms with Gasteiger partial charge in [-0.1, -0.05) is 36.4 Å². The number of aliphatic hydroxyl groups is 1. The van der Waals surface area contributed by atoms with Crippen molar-refractivity contribution in [3.05, 3.63) is 102 Å². The van der Waals surface area contributed by atoms with Gasteiger partial charge in [0.15, 0.2) is 0 Å². The van der Waals surface area contributed by atoms with Gasteiger partial charge in [-0.2, -0.15) is 0 Å². The summed E-state index contributed by atoms with van der Waals surface area (Å²) in [7, 11) is 1.66. The second-order valence-corrected chi connectivity index (χ2v) is 10.8. The number of aliphatic hydroxyl groups excluding tert-OH is 1. The van der Waals surface area contributed by atoms with Crippen molar-refractivity contribution in [2.45, 2.75) is 25.0 Å². The Morgan fingerprint density at radius 2 is 1.74 bits per heavy atom. The summed E-state index contributed by atoms with van der Waals surface area (Å²) in [5.74, 6) is -0.848. The third kappa shape index (κ3) is 5.95. The number of fused-ring (bicyclic) bond motifs is 4. The van der Waals surface area contributed by atoms with E-state index in [9.17, 15) is 19.8 Å². The van der Waals surface area contributed by atoms with Crippen molar-refractivity contribution in [2.75, 3.05) is 20.2 Å². The van der Waals surface area contributed by atoms with Crippen LogP contribution in [0.3, 0.4) is 0 Å². The molecule has 5 unspecified atom stereocenters. The summed E-state index contributed by atoms with van der Waals surface area (Å²) in [4.78, 5) is 28.9. The molecule has 0 radical (unpaired) electrons. The van der Waals surface area contributed by atoms with Gasteiger partial charge in [0.1, 0.15) is 17.1 Å². The first-order valence-corrected chi connectivity index (χ1v) is 14.1. The van der Waals surface area contributed by atoms with Crippen LogP contribution in [0.2, 0.25) is 0 Å². The van der Waals surface area contributed by atoms with E-state index in [-0.39, 0.29) is 28.3 Å². The van der Waals surface area contributed by atoms with E-state index >= 15 is 0 Å². The standard InChI is InChI=1S/C20H24N2O2.C14H10O5/c1-3-13-12-22-9-7-14(13)10-19(22)20(23)16-6-8-21-18-5-4-15(24-2)11-17(16)18;15-12-9(6-3-7-11(12)14(18)19)8-4-1-2-5-10(8)13(16)17/h3-6,8,11,13-14,19-20,23H,1,7,9-10,12H2,2H3;1-7,15H,(H,16,17)(H,18,19). The number of methoxy groups -OCH3 is 1. The number of nitrogens with zero attached hydrogens (tertiary/aromatic N) is 2. The zero-order chi connectivity index (χ0) is 30.7. The third-order valence-electron chi connectivity index (χ3n) is 8.53. The van der Waals surface area contributed by atoms with Gasteiger partial charge in [0.2, 0.25) is 0 Å². The number of phenols is 1. The van der Waals surface area contributed by atoms with Gasteiger partial charge < -0.3 is 25.2 Å². The van der Waals surface area contributed by atoms with E-state index in [1.807, 2.05) is 24.3 Å². The lowest BCUT2D eigenvalue weighted by Crippen LogP contribution is -2.54. The summed E-state index contributed by atoms with van der Waals surface area (Å²) in [6, 6.07) is 18.2. The monoisotopic (exact) mass is 582 g/mol. The summed E-state index contributed by atoms with van der Waals surface area (Å²) < 4.78 is 5.35. The van der Waals surface area contributed by atoms with Crippen LogP contribution < -0.4 is 4.74 Å². The number of carboxylic acid groups (broad SMARTS) is 2. The second-order valence-electron chi connectivity index (χ2n) is 10.8. The van der Waals surface area contributed by atoms with Crippen molar-refractivity contribution in [2.24, 2.45) is 11.8 Å². The van der Waals surface area contributed by atoms with E-state index in [0.717, 1.165) is 41.7 Å². The molecular weight excluding hydrogens is 548 g/mol. The van der Waals surface area contributed by atoms with Gasteiger partial charge in [-0.25, -0.2) is 9.59 Å². The van der Waals surface area contributed by atoms with Crippen molar-refractivity contribution >= 4 is 22.8 Å². The number of para-hydroxylation sites is 1. The number of hydrogen-bond acceptors (Lipinski definition) is 7. The highest BCUT2D eigenvalue weighted by atomic mass is 16.5.